The number of carbonyl (C=O) groups excluding carboxylic acids is 2. The zero-order valence-corrected chi connectivity index (χ0v) is 44.0. The molecule has 0 bridgehead atoms. The van der Waals surface area contributed by atoms with Crippen LogP contribution in [0.5, 0.6) is 0 Å². The Kier molecular flexibility index (Phi) is 39.3. The molecule has 2 rings (SSSR count). The van der Waals surface area contributed by atoms with E-state index in [9.17, 15) is 45.3 Å². The highest BCUT2D eigenvalue weighted by Crippen LogP contribution is 2.27. The maximum atomic E-state index is 13.0. The first-order chi connectivity index (χ1) is 34.5. The Morgan fingerprint density at radius 3 is 1.37 bits per heavy atom. The van der Waals surface area contributed by atoms with Gasteiger partial charge in [-0.15, -0.1) is 0 Å². The van der Waals surface area contributed by atoms with E-state index in [1.165, 1.54) is 109 Å². The van der Waals surface area contributed by atoms with Crippen molar-refractivity contribution in [1.82, 2.24) is 0 Å². The lowest BCUT2D eigenvalue weighted by Crippen LogP contribution is -2.61. The first-order valence-corrected chi connectivity index (χ1v) is 28.1. The summed E-state index contributed by atoms with van der Waals surface area (Å²) in [4.78, 5) is 25.8. The topological polar surface area (TPSA) is 231 Å². The number of carbonyl (C=O) groups is 2. The Balaban J connectivity index is 1.75. The number of ether oxygens (including phenoxy) is 6. The quantitative estimate of drug-likeness (QED) is 0.0172. The Morgan fingerprint density at radius 1 is 0.451 bits per heavy atom. The molecule has 0 amide bonds. The van der Waals surface area contributed by atoms with Gasteiger partial charge < -0.3 is 64.2 Å². The van der Waals surface area contributed by atoms with Crippen LogP contribution in [-0.4, -0.2) is 142 Å². The van der Waals surface area contributed by atoms with Crippen molar-refractivity contribution in [2.45, 2.75) is 280 Å². The third kappa shape index (κ3) is 30.6. The number of aliphatic hydroxyl groups is 7. The minimum absolute atomic E-state index is 0.149. The molecular formula is C56H100O15. The van der Waals surface area contributed by atoms with E-state index < -0.39 is 92.7 Å². The predicted molar refractivity (Wildman–Crippen MR) is 275 cm³/mol. The molecule has 11 atom stereocenters. The van der Waals surface area contributed by atoms with E-state index in [1.54, 1.807) is 0 Å². The maximum absolute atomic E-state index is 13.0. The Hall–Kier alpha value is -2.28. The number of unbranched alkanes of at least 4 members (excludes halogenated alkanes) is 24. The standard InChI is InChI=1S/C56H100O15/c1-3-5-7-9-11-13-15-17-19-20-21-22-23-24-25-27-28-30-32-34-36-38-47(58)66-41-44(69-48(59)39-37-35-33-31-29-26-18-16-14-12-10-8-6-4-2)42-67-55-54(65)52(63)50(61)46(71-55)43-68-56-53(64)51(62)49(60)45(40-57)70-56/h10,12,16,18,20-21,44-46,49-57,60-65H,3-9,11,13-15,17,19,22-43H2,1-2H3/b12-10-,18-16-,21-20-. The predicted octanol–water partition coefficient (Wildman–Crippen LogP) is 8.88. The lowest BCUT2D eigenvalue weighted by Gasteiger charge is -2.42. The van der Waals surface area contributed by atoms with Gasteiger partial charge in [-0.05, 0) is 64.2 Å². The molecule has 414 valence electrons. The second kappa shape index (κ2) is 43.0. The smallest absolute Gasteiger partial charge is 0.306 e. The van der Waals surface area contributed by atoms with Crippen LogP contribution in [-0.2, 0) is 38.0 Å². The van der Waals surface area contributed by atoms with E-state index in [-0.39, 0.29) is 26.1 Å². The second-order valence-electron chi connectivity index (χ2n) is 19.8. The fourth-order valence-electron chi connectivity index (χ4n) is 8.70. The first kappa shape index (κ1) is 64.8. The van der Waals surface area contributed by atoms with E-state index in [4.69, 9.17) is 28.4 Å². The van der Waals surface area contributed by atoms with Gasteiger partial charge >= 0.3 is 11.9 Å². The zero-order chi connectivity index (χ0) is 51.7. The van der Waals surface area contributed by atoms with E-state index in [1.807, 2.05) is 0 Å². The molecule has 2 saturated heterocycles. The van der Waals surface area contributed by atoms with Crippen LogP contribution in [0.3, 0.4) is 0 Å². The molecule has 0 saturated carbocycles. The van der Waals surface area contributed by atoms with Gasteiger partial charge in [0.05, 0.1) is 19.8 Å². The summed E-state index contributed by atoms with van der Waals surface area (Å²) in [5.41, 5.74) is 0. The van der Waals surface area contributed by atoms with Crippen LogP contribution in [0.15, 0.2) is 36.5 Å². The third-order valence-electron chi connectivity index (χ3n) is 13.3. The Bertz CT molecular complexity index is 1380. The average molecular weight is 1010 g/mol. The molecular weight excluding hydrogens is 913 g/mol. The van der Waals surface area contributed by atoms with Gasteiger partial charge in [0.25, 0.3) is 0 Å². The highest BCUT2D eigenvalue weighted by Gasteiger charge is 2.47. The molecule has 0 aliphatic carbocycles. The SMILES string of the molecule is CCCC/C=C\C/C=C\CCCCCCCC(=O)OC(COC(=O)CCCCCCCCCCC/C=C\CCCCCCCCCC)COC1OC(COC2OC(CO)C(O)C(O)C2O)C(O)C(O)C1O. The molecule has 2 heterocycles. The second-order valence-corrected chi connectivity index (χ2v) is 19.8. The van der Waals surface area contributed by atoms with Crippen LogP contribution in [0.4, 0.5) is 0 Å². The number of allylic oxidation sites excluding steroid dienone is 6. The van der Waals surface area contributed by atoms with E-state index >= 15 is 0 Å². The number of hydrogen-bond donors (Lipinski definition) is 7. The highest BCUT2D eigenvalue weighted by atomic mass is 16.7. The zero-order valence-electron chi connectivity index (χ0n) is 44.0. The first-order valence-electron chi connectivity index (χ1n) is 28.1. The van der Waals surface area contributed by atoms with Gasteiger partial charge in [0, 0.05) is 12.8 Å². The minimum Gasteiger partial charge on any atom is -0.462 e. The number of rotatable bonds is 44. The van der Waals surface area contributed by atoms with Gasteiger partial charge in [-0.1, -0.05) is 172 Å². The van der Waals surface area contributed by atoms with Gasteiger partial charge in [-0.25, -0.2) is 0 Å². The normalized spacial score (nSPS) is 25.4. The molecule has 0 aromatic carbocycles. The molecule has 0 aromatic rings. The molecule has 0 spiro atoms. The molecule has 0 radical (unpaired) electrons. The van der Waals surface area contributed by atoms with Gasteiger partial charge in [-0.3, -0.25) is 9.59 Å². The summed E-state index contributed by atoms with van der Waals surface area (Å²) in [5.74, 6) is -0.939. The van der Waals surface area contributed by atoms with E-state index in [0.717, 1.165) is 64.2 Å². The fourth-order valence-corrected chi connectivity index (χ4v) is 8.70. The highest BCUT2D eigenvalue weighted by molar-refractivity contribution is 5.70. The monoisotopic (exact) mass is 1010 g/mol. The summed E-state index contributed by atoms with van der Waals surface area (Å²) in [7, 11) is 0. The van der Waals surface area contributed by atoms with E-state index in [0.29, 0.717) is 12.8 Å². The minimum atomic E-state index is -1.77. The van der Waals surface area contributed by atoms with Crippen molar-refractivity contribution in [2.75, 3.05) is 26.4 Å². The van der Waals surface area contributed by atoms with E-state index in [2.05, 4.69) is 50.3 Å². The summed E-state index contributed by atoms with van der Waals surface area (Å²) in [5, 5.41) is 72.2. The molecule has 2 fully saturated rings. The largest absolute Gasteiger partial charge is 0.462 e. The van der Waals surface area contributed by atoms with Gasteiger partial charge in [0.2, 0.25) is 0 Å². The van der Waals surface area contributed by atoms with Crippen LogP contribution in [0, 0.1) is 0 Å². The van der Waals surface area contributed by atoms with Crippen molar-refractivity contribution in [1.29, 1.82) is 0 Å². The summed E-state index contributed by atoms with van der Waals surface area (Å²) in [6, 6.07) is 0. The summed E-state index contributed by atoms with van der Waals surface area (Å²) >= 11 is 0. The van der Waals surface area contributed by atoms with Crippen molar-refractivity contribution in [3.63, 3.8) is 0 Å². The Labute approximate surface area is 427 Å². The lowest BCUT2D eigenvalue weighted by atomic mass is 9.98. The number of hydrogen-bond acceptors (Lipinski definition) is 15. The fraction of sp³-hybridized carbons (Fsp3) is 0.857. The van der Waals surface area contributed by atoms with Crippen molar-refractivity contribution in [2.24, 2.45) is 0 Å². The Morgan fingerprint density at radius 2 is 0.859 bits per heavy atom. The number of esters is 2. The van der Waals surface area contributed by atoms with Crippen LogP contribution >= 0.6 is 0 Å². The molecule has 11 unspecified atom stereocenters. The summed E-state index contributed by atoms with van der Waals surface area (Å²) < 4.78 is 33.6. The summed E-state index contributed by atoms with van der Waals surface area (Å²) in [6.45, 7) is 2.55. The molecule has 15 heteroatoms. The van der Waals surface area contributed by atoms with Crippen LogP contribution < -0.4 is 0 Å². The maximum Gasteiger partial charge on any atom is 0.306 e. The molecule has 7 N–H and O–H groups in total. The van der Waals surface area contributed by atoms with Crippen LogP contribution in [0.1, 0.15) is 213 Å². The molecule has 0 aromatic heterocycles. The lowest BCUT2D eigenvalue weighted by molar-refractivity contribution is -0.332. The molecule has 2 aliphatic heterocycles. The molecule has 71 heavy (non-hydrogen) atoms. The summed E-state index contributed by atoms with van der Waals surface area (Å²) in [6.07, 6.45) is 30.3. The van der Waals surface area contributed by atoms with Crippen LogP contribution in [0.2, 0.25) is 0 Å². The van der Waals surface area contributed by atoms with Crippen LogP contribution in [0.25, 0.3) is 0 Å². The van der Waals surface area contributed by atoms with Gasteiger partial charge in [0.15, 0.2) is 18.7 Å². The van der Waals surface area contributed by atoms with Crippen molar-refractivity contribution in [3.8, 4) is 0 Å². The van der Waals surface area contributed by atoms with Gasteiger partial charge in [0.1, 0.15) is 55.4 Å². The third-order valence-corrected chi connectivity index (χ3v) is 13.3. The molecule has 2 aliphatic rings. The average Bonchev–Trinajstić information content (AvgIpc) is 3.36. The van der Waals surface area contributed by atoms with Crippen molar-refractivity contribution in [3.05, 3.63) is 36.5 Å². The van der Waals surface area contributed by atoms with Crippen molar-refractivity contribution < 1.29 is 73.8 Å². The molecule has 15 nitrogen and oxygen atoms in total. The van der Waals surface area contributed by atoms with Gasteiger partial charge in [-0.2, -0.15) is 0 Å². The number of aliphatic hydroxyl groups excluding tert-OH is 7. The van der Waals surface area contributed by atoms with Crippen molar-refractivity contribution >= 4 is 11.9 Å².